The van der Waals surface area contributed by atoms with E-state index in [1.807, 2.05) is 79.5 Å². The van der Waals surface area contributed by atoms with Crippen LogP contribution in [0.4, 0.5) is 46.2 Å². The van der Waals surface area contributed by atoms with E-state index in [1.54, 1.807) is 23.9 Å². The summed E-state index contributed by atoms with van der Waals surface area (Å²) in [6.07, 6.45) is -2.61. The molecule has 24 heteroatoms. The number of hydrogen-bond acceptors (Lipinski definition) is 12. The predicted molar refractivity (Wildman–Crippen MR) is 364 cm³/mol. The van der Waals surface area contributed by atoms with E-state index in [4.69, 9.17) is 14.2 Å². The first-order valence-electron chi connectivity index (χ1n) is 33.5. The Balaban J connectivity index is 0.000000232. The van der Waals surface area contributed by atoms with Gasteiger partial charge in [-0.2, -0.15) is 26.3 Å². The van der Waals surface area contributed by atoms with Gasteiger partial charge in [0, 0.05) is 104 Å². The molecule has 4 heterocycles. The molecule has 98 heavy (non-hydrogen) atoms. The first-order chi connectivity index (χ1) is 46.7. The second-order valence-electron chi connectivity index (χ2n) is 26.2. The minimum absolute atomic E-state index is 0.00621. The number of nitrogens with one attached hydrogen (secondary N) is 2. The van der Waals surface area contributed by atoms with Crippen molar-refractivity contribution in [3.8, 4) is 11.1 Å². The van der Waals surface area contributed by atoms with Crippen LogP contribution in [0.15, 0.2) is 127 Å². The molecule has 1 aliphatic carbocycles. The first kappa shape index (κ1) is 74.3. The van der Waals surface area contributed by atoms with Gasteiger partial charge in [-0.25, -0.2) is 9.18 Å². The number of nitrogens with zero attached hydrogens (tertiary/aromatic N) is 6. The molecule has 2 atom stereocenters. The Bertz CT molecular complexity index is 3640. The molecule has 2 N–H and O–H groups in total. The lowest BCUT2D eigenvalue weighted by atomic mass is 9.68. The molecule has 0 radical (unpaired) electrons. The summed E-state index contributed by atoms with van der Waals surface area (Å²) in [5.74, 6) is -0.992. The molecule has 0 unspecified atom stereocenters. The number of thiophene rings is 1. The molecule has 1 aromatic heterocycles. The lowest BCUT2D eigenvalue weighted by molar-refractivity contribution is -0.143. The van der Waals surface area contributed by atoms with Crippen LogP contribution in [0.3, 0.4) is 0 Å². The third-order valence-electron chi connectivity index (χ3n) is 19.6. The molecule has 16 nitrogen and oxygen atoms in total. The summed E-state index contributed by atoms with van der Waals surface area (Å²) in [5.41, 5.74) is 2.17. The first-order valence-corrected chi connectivity index (χ1v) is 34.3. The minimum Gasteiger partial charge on any atom is -0.446 e. The zero-order chi connectivity index (χ0) is 70.4. The number of para-hydroxylation sites is 1. The number of piperidine rings is 2. The minimum atomic E-state index is -5.08. The van der Waals surface area contributed by atoms with Crippen LogP contribution < -0.4 is 10.6 Å². The average Bonchev–Trinajstić information content (AvgIpc) is 1.58. The van der Waals surface area contributed by atoms with E-state index in [0.29, 0.717) is 67.5 Å². The van der Waals surface area contributed by atoms with Crippen molar-refractivity contribution in [2.45, 2.75) is 108 Å². The fraction of sp³-hybridized carbons (Fsp3) is 0.473. The highest BCUT2D eigenvalue weighted by Gasteiger charge is 2.48. The van der Waals surface area contributed by atoms with Crippen LogP contribution in [0.5, 0.6) is 0 Å². The van der Waals surface area contributed by atoms with Crippen LogP contribution in [-0.2, 0) is 53.6 Å². The normalized spacial score (nSPS) is 18.0. The SMILES string of the molecule is COCC(=O)N(C)CCN(C)C(=O)c1sc(NCCCCCC(=O)N(C)CCN2CCC(OC(=O)Nc3ccccc3-c3ccccc3)CC2)cc1C.C[C@H]1Cc2ccccc2C12CCN(CC[C@@]1(c3ccc(F)cc3)CN(C(=O)c3cc(C(F)(F)F)cc(C(F)(F)F)c3)CO1)CC2. The van der Waals surface area contributed by atoms with Crippen molar-refractivity contribution in [1.29, 1.82) is 0 Å². The van der Waals surface area contributed by atoms with Gasteiger partial charge in [0.15, 0.2) is 0 Å². The number of carbonyl (C=O) groups is 5. The van der Waals surface area contributed by atoms with Crippen molar-refractivity contribution in [1.82, 2.24) is 29.4 Å². The van der Waals surface area contributed by atoms with Gasteiger partial charge in [0.25, 0.3) is 11.8 Å². The number of unbranched alkanes of at least 4 members (excludes halogenated alkanes) is 2. The smallest absolute Gasteiger partial charge is 0.416 e. The van der Waals surface area contributed by atoms with E-state index in [1.165, 1.54) is 53.8 Å². The standard InChI is InChI=1S/C40H56N6O6S.C34H33F7N2O2/c1-30-28-35(53-38(30)39(49)45(4)25-24-44(3)37(48)29-51-5)41-21-13-7-10-18-36(47)43(2)26-27-46-22-19-32(20-23-46)52-40(50)42-34-17-12-11-16-33(34)31-14-8-6-9-15-31;1-22-16-23-4-2-3-5-29(23)31(22)10-13-42(14-11-31)15-12-32(25-6-8-28(35)9-7-25)20-43(21-45-32)30(44)24-17-26(33(36,37)38)19-27(18-24)34(39,40)41/h6,8-9,11-12,14-17,28,32,41H,7,10,13,18-27,29H2,1-5H3,(H,42,50);2-9,17-19,22H,10-16,20-21H2,1H3/t;22-,32-/m.0/s1. The molecule has 0 saturated carbocycles. The molecule has 5 amide bonds. The van der Waals surface area contributed by atoms with Crippen LogP contribution >= 0.6 is 11.3 Å². The number of halogens is 7. The van der Waals surface area contributed by atoms with Crippen molar-refractivity contribution < 1.29 is 68.9 Å². The largest absolute Gasteiger partial charge is 0.446 e. The van der Waals surface area contributed by atoms with Crippen LogP contribution in [0.25, 0.3) is 11.1 Å². The fourth-order valence-electron chi connectivity index (χ4n) is 13.6. The van der Waals surface area contributed by atoms with Gasteiger partial charge in [-0.1, -0.05) is 98.3 Å². The zero-order valence-corrected chi connectivity index (χ0v) is 57.4. The van der Waals surface area contributed by atoms with E-state index < -0.39 is 52.5 Å². The van der Waals surface area contributed by atoms with Gasteiger partial charge in [-0.05, 0) is 148 Å². The molecule has 4 aliphatic rings. The summed E-state index contributed by atoms with van der Waals surface area (Å²) in [7, 11) is 6.80. The average molecular weight is 1380 g/mol. The number of rotatable bonds is 24. The quantitative estimate of drug-likeness (QED) is 0.0439. The van der Waals surface area contributed by atoms with Gasteiger partial charge in [-0.15, -0.1) is 11.3 Å². The Morgan fingerprint density at radius 2 is 1.35 bits per heavy atom. The summed E-state index contributed by atoms with van der Waals surface area (Å²) in [5, 5.41) is 7.31. The highest BCUT2D eigenvalue weighted by atomic mass is 32.1. The number of anilines is 2. The summed E-state index contributed by atoms with van der Waals surface area (Å²) >= 11 is 1.44. The van der Waals surface area contributed by atoms with Crippen LogP contribution in [0, 0.1) is 18.7 Å². The fourth-order valence-corrected chi connectivity index (χ4v) is 14.7. The van der Waals surface area contributed by atoms with E-state index in [2.05, 4.69) is 51.6 Å². The zero-order valence-electron chi connectivity index (χ0n) is 56.5. The second-order valence-corrected chi connectivity index (χ2v) is 27.3. The number of methoxy groups -OCH3 is 1. The van der Waals surface area contributed by atoms with Crippen molar-refractivity contribution in [2.24, 2.45) is 5.92 Å². The van der Waals surface area contributed by atoms with E-state index in [0.717, 1.165) is 123 Å². The second kappa shape index (κ2) is 33.3. The monoisotopic (exact) mass is 1380 g/mol. The highest BCUT2D eigenvalue weighted by Crippen LogP contribution is 2.50. The maximum atomic E-state index is 13.9. The number of aryl methyl sites for hydroxylation is 1. The number of amides is 5. The molecular formula is C74H89F7N8O8S. The van der Waals surface area contributed by atoms with Crippen LogP contribution in [-0.4, -0.2) is 179 Å². The van der Waals surface area contributed by atoms with Gasteiger partial charge in [0.05, 0.1) is 33.2 Å². The summed E-state index contributed by atoms with van der Waals surface area (Å²) in [6.45, 7) is 10.8. The summed E-state index contributed by atoms with van der Waals surface area (Å²) < 4.78 is 112. The summed E-state index contributed by atoms with van der Waals surface area (Å²) in [6, 6.07) is 34.7. The van der Waals surface area contributed by atoms with Gasteiger partial charge < -0.3 is 48.9 Å². The lowest BCUT2D eigenvalue weighted by Crippen LogP contribution is -2.46. The number of ether oxygens (including phenoxy) is 3. The third kappa shape index (κ3) is 19.1. The Morgan fingerprint density at radius 3 is 2.03 bits per heavy atom. The molecule has 3 saturated heterocycles. The Labute approximate surface area is 573 Å². The molecule has 528 valence electrons. The third-order valence-corrected chi connectivity index (χ3v) is 20.7. The van der Waals surface area contributed by atoms with E-state index in [-0.39, 0.29) is 55.2 Å². The van der Waals surface area contributed by atoms with Gasteiger partial charge in [0.1, 0.15) is 30.9 Å². The molecule has 10 rings (SSSR count). The predicted octanol–water partition coefficient (Wildman–Crippen LogP) is 13.8. The molecule has 5 aromatic carbocycles. The van der Waals surface area contributed by atoms with Crippen LogP contribution in [0.1, 0.15) is 118 Å². The van der Waals surface area contributed by atoms with Crippen molar-refractivity contribution in [3.05, 3.63) is 177 Å². The molecule has 1 spiro atoms. The van der Waals surface area contributed by atoms with Crippen molar-refractivity contribution in [2.75, 3.05) is 124 Å². The molecule has 0 bridgehead atoms. The number of alkyl halides is 6. The maximum Gasteiger partial charge on any atom is 0.416 e. The van der Waals surface area contributed by atoms with Crippen molar-refractivity contribution >= 4 is 51.7 Å². The molecule has 3 aliphatic heterocycles. The maximum absolute atomic E-state index is 13.9. The highest BCUT2D eigenvalue weighted by molar-refractivity contribution is 7.18. The number of benzene rings is 5. The summed E-state index contributed by atoms with van der Waals surface area (Å²) in [4.78, 5) is 75.3. The van der Waals surface area contributed by atoms with Crippen LogP contribution in [0.2, 0.25) is 0 Å². The Morgan fingerprint density at radius 1 is 0.714 bits per heavy atom. The lowest BCUT2D eigenvalue weighted by Gasteiger charge is -2.44. The number of hydrogen-bond donors (Lipinski definition) is 2. The molecule has 3 fully saturated rings. The topological polar surface area (TPSA) is 157 Å². The van der Waals surface area contributed by atoms with Gasteiger partial charge in [-0.3, -0.25) is 24.5 Å². The van der Waals surface area contributed by atoms with Gasteiger partial charge >= 0.3 is 18.4 Å². The van der Waals surface area contributed by atoms with E-state index >= 15 is 0 Å². The number of likely N-dealkylation sites (N-methyl/N-ethyl adjacent to an activating group) is 3. The van der Waals surface area contributed by atoms with E-state index in [9.17, 15) is 54.7 Å². The Kier molecular flexibility index (Phi) is 25.3. The Hall–Kier alpha value is -7.90. The number of likely N-dealkylation sites (tertiary alicyclic amines) is 2. The number of carbonyl (C=O) groups excluding carboxylic acids is 5. The molecule has 6 aromatic rings. The molecular weight excluding hydrogens is 1290 g/mol. The van der Waals surface area contributed by atoms with Crippen molar-refractivity contribution in [3.63, 3.8) is 0 Å². The van der Waals surface area contributed by atoms with Gasteiger partial charge in [0.2, 0.25) is 11.8 Å². The number of fused-ring (bicyclic) bond motifs is 2.